The van der Waals surface area contributed by atoms with E-state index in [0.717, 1.165) is 5.69 Å². The molecule has 4 rings (SSSR count). The van der Waals surface area contributed by atoms with Gasteiger partial charge in [0.15, 0.2) is 0 Å². The zero-order valence-corrected chi connectivity index (χ0v) is 18.7. The van der Waals surface area contributed by atoms with Gasteiger partial charge in [-0.25, -0.2) is 9.78 Å². The lowest BCUT2D eigenvalue weighted by atomic mass is 9.91. The van der Waals surface area contributed by atoms with Crippen LogP contribution in [0.25, 0.3) is 0 Å². The number of nitrogens with zero attached hydrogens (tertiary/aromatic N) is 2. The van der Waals surface area contributed by atoms with Crippen molar-refractivity contribution < 1.29 is 24.3 Å². The summed E-state index contributed by atoms with van der Waals surface area (Å²) in [6.07, 6.45) is 3.56. The minimum absolute atomic E-state index is 0.0138. The molecule has 3 N–H and O–H groups in total. The third-order valence-corrected chi connectivity index (χ3v) is 6.22. The van der Waals surface area contributed by atoms with Gasteiger partial charge in [0.2, 0.25) is 11.7 Å². The molecule has 0 fully saturated rings. The van der Waals surface area contributed by atoms with Crippen molar-refractivity contribution in [2.45, 2.75) is 44.7 Å². The van der Waals surface area contributed by atoms with Crippen LogP contribution < -0.4 is 5.32 Å². The molecule has 3 heterocycles. The molecule has 3 unspecified atom stereocenters. The molecule has 0 radical (unpaired) electrons. The summed E-state index contributed by atoms with van der Waals surface area (Å²) in [4.78, 5) is 56.8. The summed E-state index contributed by atoms with van der Waals surface area (Å²) >= 11 is 0. The highest BCUT2D eigenvalue weighted by Crippen LogP contribution is 2.33. The number of rotatable bonds is 10. The number of nitrogens with one attached hydrogen (secondary N) is 2. The van der Waals surface area contributed by atoms with E-state index in [9.17, 15) is 24.3 Å². The Labute approximate surface area is 196 Å². The Balaban J connectivity index is 1.39. The number of fused-ring (bicyclic) bond motifs is 1. The molecule has 3 aromatic rings. The van der Waals surface area contributed by atoms with Crippen molar-refractivity contribution in [1.29, 1.82) is 0 Å². The van der Waals surface area contributed by atoms with E-state index in [1.54, 1.807) is 31.2 Å². The van der Waals surface area contributed by atoms with Crippen LogP contribution in [-0.4, -0.2) is 49.1 Å². The molecule has 34 heavy (non-hydrogen) atoms. The molecule has 9 nitrogen and oxygen atoms in total. The van der Waals surface area contributed by atoms with E-state index in [1.807, 2.05) is 22.8 Å². The molecule has 0 saturated carbocycles. The number of amides is 1. The Morgan fingerprint density at radius 2 is 1.94 bits per heavy atom. The van der Waals surface area contributed by atoms with Gasteiger partial charge in [-0.05, 0) is 18.6 Å². The molecular formula is C25H26N4O5. The minimum atomic E-state index is -1.16. The molecule has 2 aromatic heterocycles. The molecule has 3 atom stereocenters. The molecule has 1 aliphatic heterocycles. The molecule has 9 heteroatoms. The lowest BCUT2D eigenvalue weighted by molar-refractivity contribution is -0.142. The number of carboxylic acids is 1. The maximum Gasteiger partial charge on any atom is 0.326 e. The summed E-state index contributed by atoms with van der Waals surface area (Å²) < 4.78 is 1.88. The first kappa shape index (κ1) is 23.2. The number of hydrogen-bond acceptors (Lipinski definition) is 5. The fourth-order valence-electron chi connectivity index (χ4n) is 4.37. The van der Waals surface area contributed by atoms with Crippen LogP contribution in [-0.2, 0) is 27.3 Å². The number of carboxylic acid groups (broad SMARTS) is 1. The third kappa shape index (κ3) is 4.83. The SMILES string of the molecule is CC(CC(=O)C1CCn2c(C(=O)c3ccccc3)ccc21)C(=O)NC(Cc1cnc[nH]1)C(=O)O. The van der Waals surface area contributed by atoms with Crippen molar-refractivity contribution in [3.8, 4) is 0 Å². The number of imidazole rings is 1. The summed E-state index contributed by atoms with van der Waals surface area (Å²) in [5.41, 5.74) is 2.50. The van der Waals surface area contributed by atoms with Gasteiger partial charge in [0.1, 0.15) is 11.8 Å². The number of H-pyrrole nitrogens is 1. The predicted octanol–water partition coefficient (Wildman–Crippen LogP) is 2.34. The Hall–Kier alpha value is -4.01. The maximum atomic E-state index is 13.0. The average Bonchev–Trinajstić information content (AvgIpc) is 3.56. The van der Waals surface area contributed by atoms with Crippen LogP contribution in [0.3, 0.4) is 0 Å². The van der Waals surface area contributed by atoms with Gasteiger partial charge in [0.05, 0.1) is 17.9 Å². The van der Waals surface area contributed by atoms with Crippen LogP contribution in [0.5, 0.6) is 0 Å². The molecule has 1 amide bonds. The first-order valence-corrected chi connectivity index (χ1v) is 11.2. The fourth-order valence-corrected chi connectivity index (χ4v) is 4.37. The van der Waals surface area contributed by atoms with Crippen LogP contribution in [0.15, 0.2) is 55.0 Å². The quantitative estimate of drug-likeness (QED) is 0.396. The zero-order chi connectivity index (χ0) is 24.2. The van der Waals surface area contributed by atoms with Gasteiger partial charge in [-0.15, -0.1) is 0 Å². The summed E-state index contributed by atoms with van der Waals surface area (Å²) in [6, 6.07) is 11.4. The second-order valence-electron chi connectivity index (χ2n) is 8.58. The fraction of sp³-hybridized carbons (Fsp3) is 0.320. The van der Waals surface area contributed by atoms with Gasteiger partial charge in [0, 0.05) is 48.5 Å². The maximum absolute atomic E-state index is 13.0. The van der Waals surface area contributed by atoms with Gasteiger partial charge in [0.25, 0.3) is 0 Å². The Morgan fingerprint density at radius 1 is 1.18 bits per heavy atom. The topological polar surface area (TPSA) is 134 Å². The molecular weight excluding hydrogens is 436 g/mol. The summed E-state index contributed by atoms with van der Waals surface area (Å²) in [5, 5.41) is 12.0. The zero-order valence-electron chi connectivity index (χ0n) is 18.7. The molecule has 0 spiro atoms. The van der Waals surface area contributed by atoms with E-state index in [1.165, 1.54) is 12.5 Å². The molecule has 0 bridgehead atoms. The molecule has 0 saturated heterocycles. The smallest absolute Gasteiger partial charge is 0.326 e. The largest absolute Gasteiger partial charge is 0.480 e. The van der Waals surface area contributed by atoms with Crippen LogP contribution >= 0.6 is 0 Å². The number of ketones is 2. The summed E-state index contributed by atoms with van der Waals surface area (Å²) in [5.74, 6) is -2.93. The van der Waals surface area contributed by atoms with E-state index in [-0.39, 0.29) is 24.4 Å². The third-order valence-electron chi connectivity index (χ3n) is 6.22. The van der Waals surface area contributed by atoms with Crippen molar-refractivity contribution in [3.05, 3.63) is 77.6 Å². The lowest BCUT2D eigenvalue weighted by Gasteiger charge is -2.18. The Bertz CT molecular complexity index is 1200. The monoisotopic (exact) mass is 462 g/mol. The van der Waals surface area contributed by atoms with Crippen LogP contribution in [0.1, 0.15) is 53.1 Å². The van der Waals surface area contributed by atoms with Crippen molar-refractivity contribution in [2.24, 2.45) is 5.92 Å². The molecule has 176 valence electrons. The number of Topliss-reactive ketones (excluding diaryl/α,β-unsaturated/α-hetero) is 1. The predicted molar refractivity (Wildman–Crippen MR) is 122 cm³/mol. The van der Waals surface area contributed by atoms with E-state index in [0.29, 0.717) is 29.9 Å². The first-order chi connectivity index (χ1) is 16.3. The standard InChI is InChI=1S/C25H26N4O5/c1-15(24(32)28-19(25(33)34)12-17-13-26-14-27-17)11-22(30)18-9-10-29-20(18)7-8-21(29)23(31)16-5-3-2-4-6-16/h2-8,13-15,18-19H,9-12H2,1H3,(H,26,27)(H,28,32)(H,33,34). The van der Waals surface area contributed by atoms with Crippen LogP contribution in [0, 0.1) is 5.92 Å². The number of carbonyl (C=O) groups excluding carboxylic acids is 3. The highest BCUT2D eigenvalue weighted by molar-refractivity contribution is 6.08. The van der Waals surface area contributed by atoms with E-state index < -0.39 is 29.8 Å². The van der Waals surface area contributed by atoms with Crippen LogP contribution in [0.4, 0.5) is 0 Å². The Kier molecular flexibility index (Phi) is 6.72. The van der Waals surface area contributed by atoms with Gasteiger partial charge in [-0.3, -0.25) is 14.4 Å². The molecule has 1 aliphatic rings. The van der Waals surface area contributed by atoms with Gasteiger partial charge in [-0.1, -0.05) is 37.3 Å². The van der Waals surface area contributed by atoms with E-state index >= 15 is 0 Å². The van der Waals surface area contributed by atoms with E-state index in [2.05, 4.69) is 15.3 Å². The number of carbonyl (C=O) groups is 4. The van der Waals surface area contributed by atoms with E-state index in [4.69, 9.17) is 0 Å². The highest BCUT2D eigenvalue weighted by atomic mass is 16.4. The number of aliphatic carboxylic acids is 1. The van der Waals surface area contributed by atoms with Gasteiger partial charge in [-0.2, -0.15) is 0 Å². The highest BCUT2D eigenvalue weighted by Gasteiger charge is 2.33. The number of aromatic amines is 1. The first-order valence-electron chi connectivity index (χ1n) is 11.2. The number of hydrogen-bond donors (Lipinski definition) is 3. The Morgan fingerprint density at radius 3 is 2.62 bits per heavy atom. The van der Waals surface area contributed by atoms with Crippen molar-refractivity contribution >= 4 is 23.4 Å². The lowest BCUT2D eigenvalue weighted by Crippen LogP contribution is -2.45. The van der Waals surface area contributed by atoms with Crippen molar-refractivity contribution in [3.63, 3.8) is 0 Å². The normalized spacial score (nSPS) is 16.4. The second-order valence-corrected chi connectivity index (χ2v) is 8.58. The van der Waals surface area contributed by atoms with Crippen molar-refractivity contribution in [1.82, 2.24) is 19.9 Å². The van der Waals surface area contributed by atoms with Gasteiger partial charge < -0.3 is 20.0 Å². The van der Waals surface area contributed by atoms with Gasteiger partial charge >= 0.3 is 5.97 Å². The second kappa shape index (κ2) is 9.86. The number of aromatic nitrogens is 3. The average molecular weight is 463 g/mol. The summed E-state index contributed by atoms with van der Waals surface area (Å²) in [6.45, 7) is 2.17. The van der Waals surface area contributed by atoms with Crippen LogP contribution in [0.2, 0.25) is 0 Å². The minimum Gasteiger partial charge on any atom is -0.480 e. The number of benzene rings is 1. The molecule has 1 aromatic carbocycles. The summed E-state index contributed by atoms with van der Waals surface area (Å²) in [7, 11) is 0. The molecule has 0 aliphatic carbocycles. The van der Waals surface area contributed by atoms with Crippen molar-refractivity contribution in [2.75, 3.05) is 0 Å².